The Morgan fingerprint density at radius 1 is 0.542 bits per heavy atom. The number of ether oxygens (including phenoxy) is 2. The maximum atomic E-state index is 5.91. The molecule has 0 heterocycles. The summed E-state index contributed by atoms with van der Waals surface area (Å²) < 4.78 is 11.7. The van der Waals surface area contributed by atoms with E-state index in [2.05, 4.69) is 0 Å². The largest absolute Gasteiger partial charge is 0.487 e. The Bertz CT molecular complexity index is 749. The molecule has 3 aromatic carbocycles. The summed E-state index contributed by atoms with van der Waals surface area (Å²) in [4.78, 5) is 0. The molecule has 0 radical (unpaired) electrons. The van der Waals surface area contributed by atoms with Crippen molar-refractivity contribution < 1.29 is 9.47 Å². The molecule has 0 spiro atoms. The minimum absolute atomic E-state index is 0.429. The minimum atomic E-state index is 0.429. The van der Waals surface area contributed by atoms with Crippen LogP contribution < -0.4 is 20.9 Å². The molecule has 122 valence electrons. The molecule has 4 nitrogen and oxygen atoms in total. The van der Waals surface area contributed by atoms with Crippen molar-refractivity contribution in [3.8, 4) is 11.5 Å². The maximum Gasteiger partial charge on any atom is 0.142 e. The number of nitrogen functional groups attached to an aromatic ring is 2. The van der Waals surface area contributed by atoms with Crippen LogP contribution in [-0.2, 0) is 13.2 Å². The molecule has 0 saturated heterocycles. The van der Waals surface area contributed by atoms with Crippen LogP contribution in [0.15, 0.2) is 72.8 Å². The van der Waals surface area contributed by atoms with Crippen LogP contribution in [0.25, 0.3) is 0 Å². The third-order valence-electron chi connectivity index (χ3n) is 3.72. The average molecular weight is 320 g/mol. The van der Waals surface area contributed by atoms with Gasteiger partial charge in [0.2, 0.25) is 0 Å². The van der Waals surface area contributed by atoms with E-state index < -0.39 is 0 Å². The third kappa shape index (κ3) is 3.79. The van der Waals surface area contributed by atoms with Gasteiger partial charge in [0.15, 0.2) is 0 Å². The molecule has 4 heteroatoms. The van der Waals surface area contributed by atoms with Gasteiger partial charge in [-0.05, 0) is 35.4 Å². The average Bonchev–Trinajstić information content (AvgIpc) is 2.61. The van der Waals surface area contributed by atoms with Crippen LogP contribution in [0.1, 0.15) is 11.1 Å². The van der Waals surface area contributed by atoms with E-state index in [-0.39, 0.29) is 0 Å². The lowest BCUT2D eigenvalue weighted by Gasteiger charge is -2.14. The predicted molar refractivity (Wildman–Crippen MR) is 96.8 cm³/mol. The van der Waals surface area contributed by atoms with Crippen molar-refractivity contribution in [1.29, 1.82) is 0 Å². The Balaban J connectivity index is 1.69. The van der Waals surface area contributed by atoms with Gasteiger partial charge < -0.3 is 20.9 Å². The zero-order valence-corrected chi connectivity index (χ0v) is 13.3. The van der Waals surface area contributed by atoms with E-state index in [4.69, 9.17) is 20.9 Å². The molecular weight excluding hydrogens is 300 g/mol. The van der Waals surface area contributed by atoms with Crippen LogP contribution in [0.3, 0.4) is 0 Å². The fourth-order valence-electron chi connectivity index (χ4n) is 2.37. The van der Waals surface area contributed by atoms with Gasteiger partial charge in [-0.3, -0.25) is 0 Å². The number of hydrogen-bond donors (Lipinski definition) is 2. The van der Waals surface area contributed by atoms with Gasteiger partial charge in [0.25, 0.3) is 0 Å². The van der Waals surface area contributed by atoms with Gasteiger partial charge in [-0.1, -0.05) is 48.5 Å². The van der Waals surface area contributed by atoms with Crippen molar-refractivity contribution >= 4 is 11.4 Å². The summed E-state index contributed by atoms with van der Waals surface area (Å²) in [6, 6.07) is 22.9. The first-order valence-electron chi connectivity index (χ1n) is 7.75. The standard InChI is InChI=1S/C20H20N2O2/c21-17-9-3-5-11-19(17)23-13-15-7-1-2-8-16(15)14-24-20-12-6-4-10-18(20)22/h1-12H,13-14,21-22H2. The van der Waals surface area contributed by atoms with Crippen LogP contribution in [0, 0.1) is 0 Å². The Hall–Kier alpha value is -3.14. The first-order chi connectivity index (χ1) is 11.7. The molecule has 0 saturated carbocycles. The predicted octanol–water partition coefficient (Wildman–Crippen LogP) is 4.01. The maximum absolute atomic E-state index is 5.91. The van der Waals surface area contributed by atoms with Gasteiger partial charge in [-0.15, -0.1) is 0 Å². The lowest BCUT2D eigenvalue weighted by Crippen LogP contribution is -2.05. The van der Waals surface area contributed by atoms with Gasteiger partial charge in [0, 0.05) is 0 Å². The van der Waals surface area contributed by atoms with Crippen molar-refractivity contribution in [1.82, 2.24) is 0 Å². The topological polar surface area (TPSA) is 70.5 Å². The summed E-state index contributed by atoms with van der Waals surface area (Å²) in [6.45, 7) is 0.857. The lowest BCUT2D eigenvalue weighted by atomic mass is 10.1. The first-order valence-corrected chi connectivity index (χ1v) is 7.75. The van der Waals surface area contributed by atoms with Gasteiger partial charge in [-0.25, -0.2) is 0 Å². The summed E-state index contributed by atoms with van der Waals surface area (Å²) in [5.74, 6) is 1.36. The highest BCUT2D eigenvalue weighted by Crippen LogP contribution is 2.24. The molecule has 0 bridgehead atoms. The van der Waals surface area contributed by atoms with Gasteiger partial charge in [0.05, 0.1) is 11.4 Å². The lowest BCUT2D eigenvalue weighted by molar-refractivity contribution is 0.287. The number of nitrogens with two attached hydrogens (primary N) is 2. The van der Waals surface area contributed by atoms with E-state index in [1.54, 1.807) is 0 Å². The quantitative estimate of drug-likeness (QED) is 0.673. The van der Waals surface area contributed by atoms with E-state index in [9.17, 15) is 0 Å². The van der Waals surface area contributed by atoms with Crippen molar-refractivity contribution in [3.05, 3.63) is 83.9 Å². The molecule has 3 aromatic rings. The van der Waals surface area contributed by atoms with Crippen LogP contribution in [0.4, 0.5) is 11.4 Å². The van der Waals surface area contributed by atoms with E-state index >= 15 is 0 Å². The molecule has 3 rings (SSSR count). The number of anilines is 2. The first kappa shape index (κ1) is 15.7. The minimum Gasteiger partial charge on any atom is -0.487 e. The molecule has 0 aliphatic carbocycles. The van der Waals surface area contributed by atoms with E-state index in [1.807, 2.05) is 72.8 Å². The monoisotopic (exact) mass is 320 g/mol. The van der Waals surface area contributed by atoms with Crippen molar-refractivity contribution in [3.63, 3.8) is 0 Å². The summed E-state index contributed by atoms with van der Waals surface area (Å²) in [6.07, 6.45) is 0. The Morgan fingerprint density at radius 3 is 1.33 bits per heavy atom. The number of para-hydroxylation sites is 4. The third-order valence-corrected chi connectivity index (χ3v) is 3.72. The molecule has 0 aromatic heterocycles. The number of rotatable bonds is 6. The molecule has 0 aliphatic heterocycles. The Kier molecular flexibility index (Phi) is 4.87. The summed E-state index contributed by atoms with van der Waals surface area (Å²) in [5.41, 5.74) is 15.2. The van der Waals surface area contributed by atoms with E-state index in [0.717, 1.165) is 11.1 Å². The smallest absolute Gasteiger partial charge is 0.142 e. The van der Waals surface area contributed by atoms with Crippen LogP contribution in [-0.4, -0.2) is 0 Å². The molecule has 0 aliphatic rings. The van der Waals surface area contributed by atoms with Gasteiger partial charge in [-0.2, -0.15) is 0 Å². The van der Waals surface area contributed by atoms with Crippen LogP contribution in [0.2, 0.25) is 0 Å². The Labute approximate surface area is 141 Å². The van der Waals surface area contributed by atoms with Crippen LogP contribution >= 0.6 is 0 Å². The normalized spacial score (nSPS) is 10.3. The second kappa shape index (κ2) is 7.42. The molecule has 24 heavy (non-hydrogen) atoms. The zero-order valence-electron chi connectivity index (χ0n) is 13.3. The molecule has 0 amide bonds. The summed E-state index contributed by atoms with van der Waals surface area (Å²) >= 11 is 0. The Morgan fingerprint density at radius 2 is 0.917 bits per heavy atom. The molecule has 0 fully saturated rings. The molecule has 4 N–H and O–H groups in total. The van der Waals surface area contributed by atoms with E-state index in [1.165, 1.54) is 0 Å². The summed E-state index contributed by atoms with van der Waals surface area (Å²) in [5, 5.41) is 0. The van der Waals surface area contributed by atoms with Crippen molar-refractivity contribution in [2.75, 3.05) is 11.5 Å². The highest BCUT2D eigenvalue weighted by molar-refractivity contribution is 5.52. The van der Waals surface area contributed by atoms with Crippen LogP contribution in [0.5, 0.6) is 11.5 Å². The highest BCUT2D eigenvalue weighted by Gasteiger charge is 2.06. The fourth-order valence-corrected chi connectivity index (χ4v) is 2.37. The van der Waals surface area contributed by atoms with Gasteiger partial charge >= 0.3 is 0 Å². The second-order valence-corrected chi connectivity index (χ2v) is 5.42. The highest BCUT2D eigenvalue weighted by atomic mass is 16.5. The molecular formula is C20H20N2O2. The number of hydrogen-bond acceptors (Lipinski definition) is 4. The fraction of sp³-hybridized carbons (Fsp3) is 0.100. The SMILES string of the molecule is Nc1ccccc1OCc1ccccc1COc1ccccc1N. The van der Waals surface area contributed by atoms with Crippen molar-refractivity contribution in [2.24, 2.45) is 0 Å². The molecule has 0 unspecified atom stereocenters. The van der Waals surface area contributed by atoms with E-state index in [0.29, 0.717) is 36.1 Å². The zero-order chi connectivity index (χ0) is 16.8. The summed E-state index contributed by atoms with van der Waals surface area (Å²) in [7, 11) is 0. The van der Waals surface area contributed by atoms with Gasteiger partial charge in [0.1, 0.15) is 24.7 Å². The molecule has 0 atom stereocenters. The number of benzene rings is 3. The van der Waals surface area contributed by atoms with Crippen molar-refractivity contribution in [2.45, 2.75) is 13.2 Å². The second-order valence-electron chi connectivity index (χ2n) is 5.42.